The fourth-order valence-electron chi connectivity index (χ4n) is 1.80. The Bertz CT molecular complexity index is 775. The van der Waals surface area contributed by atoms with Crippen LogP contribution >= 0.6 is 46.4 Å². The Kier molecular flexibility index (Phi) is 6.35. The topological polar surface area (TPSA) is 55.4 Å². The summed E-state index contributed by atoms with van der Waals surface area (Å²) in [5.41, 5.74) is 0.468. The molecule has 2 aromatic carbocycles. The van der Waals surface area contributed by atoms with Gasteiger partial charge in [-0.1, -0.05) is 46.4 Å². The molecule has 126 valence electrons. The molecule has 4 nitrogen and oxygen atoms in total. The van der Waals surface area contributed by atoms with Crippen molar-refractivity contribution in [3.8, 4) is 0 Å². The molecular formula is C16H11Cl4NO3. The number of benzene rings is 2. The SMILES string of the molecule is C[C@@H](OC(=O)c1cc(Cl)ccc1Cl)C(=O)Nc1cc(Cl)cc(Cl)c1. The van der Waals surface area contributed by atoms with Crippen molar-refractivity contribution in [1.82, 2.24) is 0 Å². The molecule has 0 aliphatic carbocycles. The number of hydrogen-bond donors (Lipinski definition) is 1. The largest absolute Gasteiger partial charge is 0.449 e. The predicted molar refractivity (Wildman–Crippen MR) is 96.4 cm³/mol. The molecule has 0 radical (unpaired) electrons. The molecule has 0 spiro atoms. The molecule has 0 saturated carbocycles. The van der Waals surface area contributed by atoms with Gasteiger partial charge in [0.2, 0.25) is 0 Å². The maximum absolute atomic E-state index is 12.1. The molecule has 0 aliphatic heterocycles. The summed E-state index contributed by atoms with van der Waals surface area (Å²) in [6, 6.07) is 8.96. The van der Waals surface area contributed by atoms with Crippen molar-refractivity contribution in [2.45, 2.75) is 13.0 Å². The highest BCUT2D eigenvalue weighted by molar-refractivity contribution is 6.36. The van der Waals surface area contributed by atoms with Gasteiger partial charge in [0, 0.05) is 20.8 Å². The van der Waals surface area contributed by atoms with Crippen LogP contribution in [-0.4, -0.2) is 18.0 Å². The lowest BCUT2D eigenvalue weighted by Gasteiger charge is -2.14. The highest BCUT2D eigenvalue weighted by Crippen LogP contribution is 2.24. The Hall–Kier alpha value is -1.46. The van der Waals surface area contributed by atoms with Gasteiger partial charge < -0.3 is 10.1 Å². The summed E-state index contributed by atoms with van der Waals surface area (Å²) >= 11 is 23.5. The zero-order valence-corrected chi connectivity index (χ0v) is 15.3. The van der Waals surface area contributed by atoms with Crippen LogP contribution in [0.4, 0.5) is 5.69 Å². The quantitative estimate of drug-likeness (QED) is 0.683. The van der Waals surface area contributed by atoms with Gasteiger partial charge in [0.25, 0.3) is 5.91 Å². The van der Waals surface area contributed by atoms with Gasteiger partial charge in [-0.25, -0.2) is 4.79 Å². The number of carbonyl (C=O) groups is 2. The van der Waals surface area contributed by atoms with E-state index in [1.807, 2.05) is 0 Å². The zero-order valence-electron chi connectivity index (χ0n) is 12.3. The summed E-state index contributed by atoms with van der Waals surface area (Å²) in [5, 5.41) is 3.81. The molecule has 0 fully saturated rings. The van der Waals surface area contributed by atoms with Crippen molar-refractivity contribution < 1.29 is 14.3 Å². The van der Waals surface area contributed by atoms with Gasteiger partial charge in [0.05, 0.1) is 10.6 Å². The van der Waals surface area contributed by atoms with Crippen LogP contribution in [0.1, 0.15) is 17.3 Å². The molecule has 0 unspecified atom stereocenters. The van der Waals surface area contributed by atoms with E-state index in [1.54, 1.807) is 6.07 Å². The van der Waals surface area contributed by atoms with Crippen LogP contribution in [0, 0.1) is 0 Å². The summed E-state index contributed by atoms with van der Waals surface area (Å²) < 4.78 is 5.11. The van der Waals surface area contributed by atoms with Crippen LogP contribution in [-0.2, 0) is 9.53 Å². The van der Waals surface area contributed by atoms with Crippen molar-refractivity contribution >= 4 is 64.0 Å². The average molecular weight is 407 g/mol. The fourth-order valence-corrected chi connectivity index (χ4v) is 2.69. The minimum Gasteiger partial charge on any atom is -0.449 e. The second kappa shape index (κ2) is 8.08. The third-order valence-electron chi connectivity index (χ3n) is 2.93. The molecule has 0 aromatic heterocycles. The second-order valence-electron chi connectivity index (χ2n) is 4.82. The van der Waals surface area contributed by atoms with Gasteiger partial charge in [-0.2, -0.15) is 0 Å². The van der Waals surface area contributed by atoms with Gasteiger partial charge in [0.15, 0.2) is 6.10 Å². The number of anilines is 1. The van der Waals surface area contributed by atoms with E-state index < -0.39 is 18.0 Å². The number of halogens is 4. The van der Waals surface area contributed by atoms with Gasteiger partial charge in [-0.15, -0.1) is 0 Å². The van der Waals surface area contributed by atoms with Crippen LogP contribution in [0.3, 0.4) is 0 Å². The lowest BCUT2D eigenvalue weighted by Crippen LogP contribution is -2.30. The van der Waals surface area contributed by atoms with Crippen molar-refractivity contribution in [3.63, 3.8) is 0 Å². The first kappa shape index (κ1) is 18.9. The third-order valence-corrected chi connectivity index (χ3v) is 3.93. The van der Waals surface area contributed by atoms with E-state index in [0.717, 1.165) is 0 Å². The highest BCUT2D eigenvalue weighted by atomic mass is 35.5. The smallest absolute Gasteiger partial charge is 0.340 e. The molecule has 8 heteroatoms. The lowest BCUT2D eigenvalue weighted by molar-refractivity contribution is -0.123. The molecule has 0 heterocycles. The standard InChI is InChI=1S/C16H11Cl4NO3/c1-8(15(22)21-12-5-10(18)4-11(19)6-12)24-16(23)13-7-9(17)2-3-14(13)20/h2-8H,1H3,(H,21,22)/t8-/m1/s1. The summed E-state index contributed by atoms with van der Waals surface area (Å²) in [5.74, 6) is -1.30. The number of carbonyl (C=O) groups excluding carboxylic acids is 2. The zero-order chi connectivity index (χ0) is 17.9. The van der Waals surface area contributed by atoms with E-state index >= 15 is 0 Å². The molecule has 24 heavy (non-hydrogen) atoms. The number of nitrogens with one attached hydrogen (secondary N) is 1. The minimum absolute atomic E-state index is 0.0783. The molecule has 0 bridgehead atoms. The summed E-state index contributed by atoms with van der Waals surface area (Å²) in [6.07, 6.45) is -1.06. The molecule has 2 aromatic rings. The van der Waals surface area contributed by atoms with Crippen LogP contribution in [0.25, 0.3) is 0 Å². The van der Waals surface area contributed by atoms with Gasteiger partial charge in [-0.05, 0) is 43.3 Å². The first-order chi connectivity index (χ1) is 11.3. The lowest BCUT2D eigenvalue weighted by atomic mass is 10.2. The fraction of sp³-hybridized carbons (Fsp3) is 0.125. The average Bonchev–Trinajstić information content (AvgIpc) is 2.48. The molecular weight excluding hydrogens is 396 g/mol. The van der Waals surface area contributed by atoms with Crippen LogP contribution in [0.5, 0.6) is 0 Å². The normalized spacial score (nSPS) is 11.7. The monoisotopic (exact) mass is 405 g/mol. The Morgan fingerprint density at radius 1 is 0.958 bits per heavy atom. The third kappa shape index (κ3) is 5.02. The van der Waals surface area contributed by atoms with Crippen molar-refractivity contribution in [2.75, 3.05) is 5.32 Å². The maximum Gasteiger partial charge on any atom is 0.340 e. The van der Waals surface area contributed by atoms with Gasteiger partial charge in [-0.3, -0.25) is 4.79 Å². The number of rotatable bonds is 4. The second-order valence-corrected chi connectivity index (χ2v) is 6.54. The number of esters is 1. The first-order valence-electron chi connectivity index (χ1n) is 6.69. The van der Waals surface area contributed by atoms with E-state index in [4.69, 9.17) is 51.1 Å². The van der Waals surface area contributed by atoms with Crippen molar-refractivity contribution in [1.29, 1.82) is 0 Å². The van der Waals surface area contributed by atoms with E-state index in [-0.39, 0.29) is 10.6 Å². The Morgan fingerprint density at radius 3 is 2.21 bits per heavy atom. The predicted octanol–water partition coefficient (Wildman–Crippen LogP) is 5.48. The number of amides is 1. The number of hydrogen-bond acceptors (Lipinski definition) is 3. The molecule has 0 saturated heterocycles. The van der Waals surface area contributed by atoms with Crippen LogP contribution in [0.2, 0.25) is 20.1 Å². The van der Waals surface area contributed by atoms with Gasteiger partial charge in [0.1, 0.15) is 0 Å². The van der Waals surface area contributed by atoms with E-state index in [1.165, 1.54) is 37.3 Å². The Labute approximate surface area is 158 Å². The Balaban J connectivity index is 2.05. The summed E-state index contributed by atoms with van der Waals surface area (Å²) in [7, 11) is 0. The highest BCUT2D eigenvalue weighted by Gasteiger charge is 2.21. The summed E-state index contributed by atoms with van der Waals surface area (Å²) in [4.78, 5) is 24.2. The molecule has 1 N–H and O–H groups in total. The number of ether oxygens (including phenoxy) is 1. The van der Waals surface area contributed by atoms with Crippen molar-refractivity contribution in [3.05, 3.63) is 62.1 Å². The molecule has 1 atom stereocenters. The Morgan fingerprint density at radius 2 is 1.58 bits per heavy atom. The van der Waals surface area contributed by atoms with Gasteiger partial charge >= 0.3 is 5.97 Å². The maximum atomic E-state index is 12.1. The molecule has 2 rings (SSSR count). The van der Waals surface area contributed by atoms with E-state index in [2.05, 4.69) is 5.32 Å². The van der Waals surface area contributed by atoms with Crippen LogP contribution in [0.15, 0.2) is 36.4 Å². The van der Waals surface area contributed by atoms with E-state index in [9.17, 15) is 9.59 Å². The molecule has 0 aliphatic rings. The van der Waals surface area contributed by atoms with Crippen molar-refractivity contribution in [2.24, 2.45) is 0 Å². The first-order valence-corrected chi connectivity index (χ1v) is 8.20. The van der Waals surface area contributed by atoms with E-state index in [0.29, 0.717) is 20.8 Å². The molecule has 1 amide bonds. The minimum atomic E-state index is -1.06. The summed E-state index contributed by atoms with van der Waals surface area (Å²) in [6.45, 7) is 1.43. The van der Waals surface area contributed by atoms with Crippen LogP contribution < -0.4 is 5.32 Å².